The van der Waals surface area contributed by atoms with Crippen molar-refractivity contribution in [2.45, 2.75) is 25.5 Å². The molecule has 0 aromatic carbocycles. The Morgan fingerprint density at radius 2 is 1.80 bits per heavy atom. The fraction of sp³-hybridized carbons (Fsp3) is 0.889. The van der Waals surface area contributed by atoms with Gasteiger partial charge >= 0.3 is 5.97 Å². The third kappa shape index (κ3) is 5.13. The highest BCUT2D eigenvalue weighted by atomic mass is 32.2. The molecule has 0 amide bonds. The Morgan fingerprint density at radius 1 is 1.33 bits per heavy atom. The lowest BCUT2D eigenvalue weighted by atomic mass is 10.3. The molecule has 0 aliphatic carbocycles. The van der Waals surface area contributed by atoms with Gasteiger partial charge in [0.25, 0.3) is 0 Å². The van der Waals surface area contributed by atoms with Gasteiger partial charge in [-0.25, -0.2) is 8.42 Å². The quantitative estimate of drug-likeness (QED) is 0.740. The second kappa shape index (κ2) is 4.94. The van der Waals surface area contributed by atoms with Gasteiger partial charge in [0.15, 0.2) is 9.84 Å². The van der Waals surface area contributed by atoms with Crippen LogP contribution in [0.15, 0.2) is 0 Å². The van der Waals surface area contributed by atoms with Gasteiger partial charge in [-0.05, 0) is 27.8 Å². The van der Waals surface area contributed by atoms with Crippen LogP contribution < -0.4 is 0 Å². The summed E-state index contributed by atoms with van der Waals surface area (Å²) in [6, 6.07) is 0. The molecule has 6 heteroatoms. The Morgan fingerprint density at radius 3 is 2.13 bits per heavy atom. The van der Waals surface area contributed by atoms with Crippen molar-refractivity contribution < 1.29 is 18.3 Å². The van der Waals surface area contributed by atoms with Crippen molar-refractivity contribution in [3.63, 3.8) is 0 Å². The number of sulfone groups is 1. The predicted octanol–water partition coefficient (Wildman–Crippen LogP) is 0.216. The molecule has 0 unspecified atom stereocenters. The van der Waals surface area contributed by atoms with Crippen molar-refractivity contribution in [3.8, 4) is 0 Å². The number of rotatable bonds is 5. The molecule has 0 aromatic heterocycles. The molecular weight excluding hydrogens is 218 g/mol. The number of carbonyl (C=O) groups is 1. The topological polar surface area (TPSA) is 74.7 Å². The third-order valence-electron chi connectivity index (χ3n) is 2.08. The second-order valence-corrected chi connectivity index (χ2v) is 7.43. The van der Waals surface area contributed by atoms with Crippen molar-refractivity contribution in [1.82, 2.24) is 4.90 Å². The Labute approximate surface area is 91.0 Å². The predicted molar refractivity (Wildman–Crippen MR) is 58.7 cm³/mol. The van der Waals surface area contributed by atoms with Crippen LogP contribution in [0.1, 0.15) is 20.8 Å². The van der Waals surface area contributed by atoms with Crippen LogP contribution in [0.3, 0.4) is 0 Å². The highest BCUT2D eigenvalue weighted by molar-refractivity contribution is 7.92. The highest BCUT2D eigenvalue weighted by Crippen LogP contribution is 2.15. The maximum atomic E-state index is 11.7. The van der Waals surface area contributed by atoms with Crippen LogP contribution in [0.4, 0.5) is 0 Å². The number of hydrogen-bond acceptors (Lipinski definition) is 4. The number of hydrogen-bond donors (Lipinski definition) is 1. The van der Waals surface area contributed by atoms with Crippen molar-refractivity contribution in [2.75, 3.05) is 25.9 Å². The molecule has 0 aliphatic rings. The van der Waals surface area contributed by atoms with E-state index in [4.69, 9.17) is 5.11 Å². The molecule has 15 heavy (non-hydrogen) atoms. The second-order valence-electron chi connectivity index (χ2n) is 4.56. The van der Waals surface area contributed by atoms with Crippen LogP contribution in [0, 0.1) is 0 Å². The Hall–Kier alpha value is -0.620. The molecule has 0 saturated heterocycles. The summed E-state index contributed by atoms with van der Waals surface area (Å²) in [6.07, 6.45) is 0. The van der Waals surface area contributed by atoms with Crippen molar-refractivity contribution in [1.29, 1.82) is 0 Å². The number of nitrogens with zero attached hydrogens (tertiary/aromatic N) is 1. The summed E-state index contributed by atoms with van der Waals surface area (Å²) in [5.74, 6) is -0.967. The van der Waals surface area contributed by atoms with Gasteiger partial charge in [-0.1, -0.05) is 0 Å². The molecule has 1 N–H and O–H groups in total. The minimum atomic E-state index is -3.16. The molecule has 0 bridgehead atoms. The first-order valence-corrected chi connectivity index (χ1v) is 6.34. The zero-order valence-corrected chi connectivity index (χ0v) is 10.5. The van der Waals surface area contributed by atoms with Gasteiger partial charge < -0.3 is 5.11 Å². The van der Waals surface area contributed by atoms with E-state index in [2.05, 4.69) is 0 Å². The summed E-state index contributed by atoms with van der Waals surface area (Å²) < 4.78 is 22.6. The maximum absolute atomic E-state index is 11.7. The molecule has 0 fully saturated rings. The Balaban J connectivity index is 4.23. The molecule has 0 spiro atoms. The Kier molecular flexibility index (Phi) is 4.73. The minimum Gasteiger partial charge on any atom is -0.480 e. The smallest absolute Gasteiger partial charge is 0.317 e. The first kappa shape index (κ1) is 14.4. The van der Waals surface area contributed by atoms with Crippen molar-refractivity contribution in [3.05, 3.63) is 0 Å². The SMILES string of the molecule is CN(CCS(=O)(=O)C(C)(C)C)CC(=O)O. The van der Waals surface area contributed by atoms with Gasteiger partial charge in [-0.3, -0.25) is 9.69 Å². The summed E-state index contributed by atoms with van der Waals surface area (Å²) in [5.41, 5.74) is 0. The normalized spacial score (nSPS) is 13.1. The van der Waals surface area contributed by atoms with E-state index < -0.39 is 20.6 Å². The van der Waals surface area contributed by atoms with Crippen LogP contribution in [0.25, 0.3) is 0 Å². The standard InChI is InChI=1S/C9H19NO4S/c1-9(2,3)15(13,14)6-5-10(4)7-8(11)12/h5-7H2,1-4H3,(H,11,12). The third-order valence-corrected chi connectivity index (χ3v) is 4.67. The zero-order chi connectivity index (χ0) is 12.3. The van der Waals surface area contributed by atoms with Gasteiger partial charge in [0, 0.05) is 6.54 Å². The number of carboxylic acid groups (broad SMARTS) is 1. The molecule has 0 atom stereocenters. The van der Waals surface area contributed by atoms with E-state index >= 15 is 0 Å². The maximum Gasteiger partial charge on any atom is 0.317 e. The van der Waals surface area contributed by atoms with Gasteiger partial charge in [-0.15, -0.1) is 0 Å². The van der Waals surface area contributed by atoms with E-state index in [1.807, 2.05) is 0 Å². The minimum absolute atomic E-state index is 0.0136. The average Bonchev–Trinajstić information content (AvgIpc) is 1.97. The molecule has 90 valence electrons. The first-order chi connectivity index (χ1) is 6.56. The Bertz CT molecular complexity index is 315. The lowest BCUT2D eigenvalue weighted by Crippen LogP contribution is -2.36. The van der Waals surface area contributed by atoms with E-state index in [0.717, 1.165) is 0 Å². The lowest BCUT2D eigenvalue weighted by molar-refractivity contribution is -0.137. The molecular formula is C9H19NO4S. The van der Waals surface area contributed by atoms with Gasteiger partial charge in [0.1, 0.15) is 0 Å². The largest absolute Gasteiger partial charge is 0.480 e. The zero-order valence-electron chi connectivity index (χ0n) is 9.65. The summed E-state index contributed by atoms with van der Waals surface area (Å²) in [6.45, 7) is 5.02. The van der Waals surface area contributed by atoms with Crippen LogP contribution in [-0.4, -0.2) is 55.0 Å². The molecule has 0 aromatic rings. The van der Waals surface area contributed by atoms with Crippen LogP contribution >= 0.6 is 0 Å². The van der Waals surface area contributed by atoms with Crippen LogP contribution in [0.5, 0.6) is 0 Å². The number of aliphatic carboxylic acids is 1. The summed E-state index contributed by atoms with van der Waals surface area (Å²) in [5, 5.41) is 8.48. The molecule has 0 rings (SSSR count). The summed E-state index contributed by atoms with van der Waals surface area (Å²) >= 11 is 0. The fourth-order valence-corrected chi connectivity index (χ4v) is 2.06. The summed E-state index contributed by atoms with van der Waals surface area (Å²) in [4.78, 5) is 11.8. The van der Waals surface area contributed by atoms with Crippen molar-refractivity contribution in [2.24, 2.45) is 0 Å². The van der Waals surface area contributed by atoms with E-state index in [0.29, 0.717) is 0 Å². The fourth-order valence-electron chi connectivity index (χ4n) is 0.892. The first-order valence-electron chi connectivity index (χ1n) is 4.69. The van der Waals surface area contributed by atoms with E-state index in [1.54, 1.807) is 27.8 Å². The lowest BCUT2D eigenvalue weighted by Gasteiger charge is -2.21. The van der Waals surface area contributed by atoms with E-state index in [-0.39, 0.29) is 18.8 Å². The van der Waals surface area contributed by atoms with Gasteiger partial charge in [-0.2, -0.15) is 0 Å². The molecule has 5 nitrogen and oxygen atoms in total. The average molecular weight is 237 g/mol. The summed E-state index contributed by atoms with van der Waals surface area (Å²) in [7, 11) is -1.57. The van der Waals surface area contributed by atoms with Gasteiger partial charge in [0.05, 0.1) is 17.0 Å². The van der Waals surface area contributed by atoms with Crippen molar-refractivity contribution >= 4 is 15.8 Å². The molecule has 0 radical (unpaired) electrons. The number of likely N-dealkylation sites (N-methyl/N-ethyl adjacent to an activating group) is 1. The molecule has 0 heterocycles. The van der Waals surface area contributed by atoms with E-state index in [1.165, 1.54) is 4.90 Å². The number of carboxylic acids is 1. The van der Waals surface area contributed by atoms with E-state index in [9.17, 15) is 13.2 Å². The monoisotopic (exact) mass is 237 g/mol. The highest BCUT2D eigenvalue weighted by Gasteiger charge is 2.28. The van der Waals surface area contributed by atoms with Gasteiger partial charge in [0.2, 0.25) is 0 Å². The molecule has 0 aliphatic heterocycles. The van der Waals surface area contributed by atoms with Crippen LogP contribution in [0.2, 0.25) is 0 Å². The molecule has 0 saturated carbocycles. The van der Waals surface area contributed by atoms with Crippen LogP contribution in [-0.2, 0) is 14.6 Å².